The lowest BCUT2D eigenvalue weighted by atomic mass is 9.81. The molecule has 0 aromatic heterocycles. The number of nitrogens with one attached hydrogen (secondary N) is 1. The summed E-state index contributed by atoms with van der Waals surface area (Å²) in [6.45, 7) is 8.44. The zero-order chi connectivity index (χ0) is 14.4. The van der Waals surface area contributed by atoms with E-state index >= 15 is 0 Å². The Balaban J connectivity index is 2.09. The molecule has 2 rings (SSSR count). The van der Waals surface area contributed by atoms with Crippen molar-refractivity contribution in [3.8, 4) is 0 Å². The second-order valence-corrected chi connectivity index (χ2v) is 6.17. The van der Waals surface area contributed by atoms with E-state index in [4.69, 9.17) is 0 Å². The van der Waals surface area contributed by atoms with Crippen molar-refractivity contribution < 1.29 is 5.11 Å². The second-order valence-electron chi connectivity index (χ2n) is 6.17. The third-order valence-electron chi connectivity index (χ3n) is 4.26. The molecular formula is C17H28N2O. The molecule has 1 aromatic carbocycles. The zero-order valence-corrected chi connectivity index (χ0v) is 12.8. The number of aliphatic hydroxyl groups excluding tert-OH is 1. The predicted octanol–water partition coefficient (Wildman–Crippen LogP) is 2.01. The van der Waals surface area contributed by atoms with Crippen LogP contribution in [0.5, 0.6) is 0 Å². The van der Waals surface area contributed by atoms with E-state index in [1.807, 2.05) is 0 Å². The first-order valence-electron chi connectivity index (χ1n) is 7.80. The highest BCUT2D eigenvalue weighted by atomic mass is 16.3. The van der Waals surface area contributed by atoms with Crippen LogP contribution in [0.1, 0.15) is 32.3 Å². The number of aliphatic hydroxyl groups is 1. The Labute approximate surface area is 123 Å². The van der Waals surface area contributed by atoms with Gasteiger partial charge in [-0.3, -0.25) is 0 Å². The largest absolute Gasteiger partial charge is 0.395 e. The second kappa shape index (κ2) is 7.21. The molecule has 0 radical (unpaired) electrons. The van der Waals surface area contributed by atoms with Gasteiger partial charge in [0.2, 0.25) is 0 Å². The Morgan fingerprint density at radius 2 is 2.00 bits per heavy atom. The van der Waals surface area contributed by atoms with Crippen molar-refractivity contribution in [2.75, 3.05) is 32.8 Å². The Morgan fingerprint density at radius 1 is 1.30 bits per heavy atom. The molecule has 3 nitrogen and oxygen atoms in total. The smallest absolute Gasteiger partial charge is 0.0558 e. The number of likely N-dealkylation sites (N-methyl/N-ethyl adjacent to an activating group) is 1. The van der Waals surface area contributed by atoms with Crippen LogP contribution in [0, 0.1) is 0 Å². The first kappa shape index (κ1) is 15.5. The fourth-order valence-electron chi connectivity index (χ4n) is 2.73. The van der Waals surface area contributed by atoms with Crippen molar-refractivity contribution >= 4 is 0 Å². The van der Waals surface area contributed by atoms with Gasteiger partial charge in [0.1, 0.15) is 0 Å². The highest BCUT2D eigenvalue weighted by Crippen LogP contribution is 2.27. The number of nitrogens with zero attached hydrogens (tertiary/aromatic N) is 1. The zero-order valence-electron chi connectivity index (χ0n) is 12.8. The minimum Gasteiger partial charge on any atom is -0.395 e. The molecule has 20 heavy (non-hydrogen) atoms. The van der Waals surface area contributed by atoms with Crippen LogP contribution < -0.4 is 5.32 Å². The number of hydrogen-bond acceptors (Lipinski definition) is 3. The molecular weight excluding hydrogens is 248 g/mol. The standard InChI is InChI=1S/C17H28N2O/c1-3-19(11-12-20)14-17(2,13-18-16-9-10-16)15-7-5-4-6-8-15/h4-8,16,18,20H,3,9-14H2,1-2H3. The highest BCUT2D eigenvalue weighted by Gasteiger charge is 2.31. The van der Waals surface area contributed by atoms with E-state index in [0.717, 1.165) is 32.2 Å². The van der Waals surface area contributed by atoms with Crippen LogP contribution in [0.4, 0.5) is 0 Å². The molecule has 0 saturated heterocycles. The van der Waals surface area contributed by atoms with Crippen molar-refractivity contribution in [3.05, 3.63) is 35.9 Å². The lowest BCUT2D eigenvalue weighted by Gasteiger charge is -2.36. The minimum atomic E-state index is 0.0923. The Hall–Kier alpha value is -0.900. The normalized spacial score (nSPS) is 18.2. The summed E-state index contributed by atoms with van der Waals surface area (Å²) >= 11 is 0. The van der Waals surface area contributed by atoms with Gasteiger partial charge in [-0.25, -0.2) is 0 Å². The van der Waals surface area contributed by atoms with Gasteiger partial charge in [0.15, 0.2) is 0 Å². The first-order valence-corrected chi connectivity index (χ1v) is 7.80. The Bertz CT molecular complexity index is 391. The third kappa shape index (κ3) is 4.30. The molecule has 112 valence electrons. The van der Waals surface area contributed by atoms with Gasteiger partial charge in [-0.15, -0.1) is 0 Å². The average molecular weight is 276 g/mol. The summed E-state index contributed by atoms with van der Waals surface area (Å²) in [5.74, 6) is 0. The lowest BCUT2D eigenvalue weighted by Crippen LogP contribution is -2.46. The molecule has 1 unspecified atom stereocenters. The molecule has 1 aliphatic carbocycles. The van der Waals surface area contributed by atoms with Crippen LogP contribution >= 0.6 is 0 Å². The van der Waals surface area contributed by atoms with Crippen molar-refractivity contribution in [2.24, 2.45) is 0 Å². The predicted molar refractivity (Wildman–Crippen MR) is 84.0 cm³/mol. The lowest BCUT2D eigenvalue weighted by molar-refractivity contribution is 0.170. The maximum absolute atomic E-state index is 9.21. The molecule has 0 aliphatic heterocycles. The van der Waals surface area contributed by atoms with Gasteiger partial charge >= 0.3 is 0 Å². The first-order chi connectivity index (χ1) is 9.68. The number of hydrogen-bond donors (Lipinski definition) is 2. The van der Waals surface area contributed by atoms with Crippen LogP contribution in [0.25, 0.3) is 0 Å². The van der Waals surface area contributed by atoms with Gasteiger partial charge in [-0.05, 0) is 24.9 Å². The summed E-state index contributed by atoms with van der Waals surface area (Å²) in [4.78, 5) is 2.33. The van der Waals surface area contributed by atoms with Gasteiger partial charge in [0, 0.05) is 31.1 Å². The SMILES string of the molecule is CCN(CCO)CC(C)(CNC1CC1)c1ccccc1. The molecule has 1 atom stereocenters. The molecule has 0 bridgehead atoms. The Morgan fingerprint density at radius 3 is 2.55 bits per heavy atom. The quantitative estimate of drug-likeness (QED) is 0.724. The topological polar surface area (TPSA) is 35.5 Å². The van der Waals surface area contributed by atoms with Crippen LogP contribution in [-0.4, -0.2) is 48.8 Å². The summed E-state index contributed by atoms with van der Waals surface area (Å²) in [5, 5.41) is 12.9. The van der Waals surface area contributed by atoms with Gasteiger partial charge in [-0.1, -0.05) is 44.2 Å². The van der Waals surface area contributed by atoms with E-state index in [1.165, 1.54) is 18.4 Å². The van der Waals surface area contributed by atoms with Gasteiger partial charge in [-0.2, -0.15) is 0 Å². The van der Waals surface area contributed by atoms with E-state index in [2.05, 4.69) is 54.4 Å². The van der Waals surface area contributed by atoms with Crippen LogP contribution in [0.15, 0.2) is 30.3 Å². The van der Waals surface area contributed by atoms with Crippen molar-refractivity contribution in [1.82, 2.24) is 10.2 Å². The molecule has 3 heteroatoms. The summed E-state index contributed by atoms with van der Waals surface area (Å²) in [6.07, 6.45) is 2.64. The van der Waals surface area contributed by atoms with Crippen LogP contribution in [0.3, 0.4) is 0 Å². The fraction of sp³-hybridized carbons (Fsp3) is 0.647. The molecule has 1 saturated carbocycles. The van der Waals surface area contributed by atoms with E-state index in [0.29, 0.717) is 0 Å². The van der Waals surface area contributed by atoms with Crippen LogP contribution in [0.2, 0.25) is 0 Å². The fourth-order valence-corrected chi connectivity index (χ4v) is 2.73. The van der Waals surface area contributed by atoms with Gasteiger partial charge in [0.05, 0.1) is 6.61 Å². The maximum Gasteiger partial charge on any atom is 0.0558 e. The molecule has 1 aromatic rings. The van der Waals surface area contributed by atoms with Crippen molar-refractivity contribution in [1.29, 1.82) is 0 Å². The van der Waals surface area contributed by atoms with Gasteiger partial charge in [0.25, 0.3) is 0 Å². The van der Waals surface area contributed by atoms with Gasteiger partial charge < -0.3 is 15.3 Å². The molecule has 0 amide bonds. The number of benzene rings is 1. The minimum absolute atomic E-state index is 0.0923. The number of rotatable bonds is 9. The third-order valence-corrected chi connectivity index (χ3v) is 4.26. The molecule has 2 N–H and O–H groups in total. The summed E-state index contributed by atoms with van der Waals surface area (Å²) in [6, 6.07) is 11.5. The Kier molecular flexibility index (Phi) is 5.58. The van der Waals surface area contributed by atoms with E-state index in [-0.39, 0.29) is 12.0 Å². The van der Waals surface area contributed by atoms with Crippen LogP contribution in [-0.2, 0) is 5.41 Å². The van der Waals surface area contributed by atoms with E-state index < -0.39 is 0 Å². The maximum atomic E-state index is 9.21. The molecule has 0 heterocycles. The highest BCUT2D eigenvalue weighted by molar-refractivity contribution is 5.26. The summed E-state index contributed by atoms with van der Waals surface area (Å²) in [7, 11) is 0. The molecule has 1 fully saturated rings. The molecule has 0 spiro atoms. The monoisotopic (exact) mass is 276 g/mol. The van der Waals surface area contributed by atoms with E-state index in [9.17, 15) is 5.11 Å². The summed E-state index contributed by atoms with van der Waals surface area (Å²) < 4.78 is 0. The molecule has 1 aliphatic rings. The van der Waals surface area contributed by atoms with Crippen molar-refractivity contribution in [3.63, 3.8) is 0 Å². The van der Waals surface area contributed by atoms with E-state index in [1.54, 1.807) is 0 Å². The van der Waals surface area contributed by atoms with Crippen molar-refractivity contribution in [2.45, 2.75) is 38.1 Å². The average Bonchev–Trinajstić information content (AvgIpc) is 3.30. The summed E-state index contributed by atoms with van der Waals surface area (Å²) in [5.41, 5.74) is 1.47.